The van der Waals surface area contributed by atoms with Crippen molar-refractivity contribution in [3.63, 3.8) is 0 Å². The van der Waals surface area contributed by atoms with E-state index in [1.165, 1.54) is 0 Å². The lowest BCUT2D eigenvalue weighted by Gasteiger charge is -2.20. The van der Waals surface area contributed by atoms with E-state index in [0.29, 0.717) is 0 Å². The van der Waals surface area contributed by atoms with E-state index in [4.69, 9.17) is 4.74 Å². The summed E-state index contributed by atoms with van der Waals surface area (Å²) < 4.78 is 40.5. The third kappa shape index (κ3) is 9.36. The summed E-state index contributed by atoms with van der Waals surface area (Å²) >= 11 is 0. The smallest absolute Gasteiger partial charge is 0.407 e. The Labute approximate surface area is 92.7 Å². The van der Waals surface area contributed by atoms with E-state index in [-0.39, 0.29) is 12.1 Å². The normalized spacial score (nSPS) is 12.1. The van der Waals surface area contributed by atoms with Gasteiger partial charge in [-0.05, 0) is 26.3 Å². The molecule has 0 rings (SSSR count). The Morgan fingerprint density at radius 2 is 1.81 bits per heavy atom. The van der Waals surface area contributed by atoms with Gasteiger partial charge in [0.2, 0.25) is 0 Å². The molecule has 0 fully saturated rings. The van der Waals surface area contributed by atoms with E-state index in [1.807, 2.05) is 0 Å². The number of hydrogen-bond donors (Lipinski definition) is 1. The topological polar surface area (TPSA) is 38.3 Å². The molecule has 0 aliphatic heterocycles. The van der Waals surface area contributed by atoms with Gasteiger partial charge in [-0.3, -0.25) is 0 Å². The summed E-state index contributed by atoms with van der Waals surface area (Å²) in [4.78, 5) is 11.1. The van der Waals surface area contributed by atoms with Crippen LogP contribution in [0.15, 0.2) is 12.2 Å². The molecule has 1 amide bonds. The van der Waals surface area contributed by atoms with Crippen molar-refractivity contribution in [1.29, 1.82) is 0 Å². The average molecular weight is 239 g/mol. The van der Waals surface area contributed by atoms with Crippen LogP contribution in [0.3, 0.4) is 0 Å². The van der Waals surface area contributed by atoms with Gasteiger partial charge < -0.3 is 10.1 Å². The van der Waals surface area contributed by atoms with Crippen LogP contribution in [0.2, 0.25) is 0 Å². The number of alkyl carbamates (subject to hydrolysis) is 1. The van der Waals surface area contributed by atoms with Crippen LogP contribution in [0.4, 0.5) is 18.0 Å². The summed E-state index contributed by atoms with van der Waals surface area (Å²) in [6.45, 7) is 7.97. The number of rotatable bonds is 3. The van der Waals surface area contributed by atoms with Crippen LogP contribution in [0.5, 0.6) is 0 Å². The fourth-order valence-electron chi connectivity index (χ4n) is 0.857. The van der Waals surface area contributed by atoms with Gasteiger partial charge in [-0.2, -0.15) is 13.2 Å². The van der Waals surface area contributed by atoms with Crippen molar-refractivity contribution in [3.05, 3.63) is 12.2 Å². The molecule has 94 valence electrons. The van der Waals surface area contributed by atoms with Crippen molar-refractivity contribution in [2.45, 2.75) is 39.0 Å². The van der Waals surface area contributed by atoms with Gasteiger partial charge in [0, 0.05) is 6.54 Å². The molecule has 3 nitrogen and oxygen atoms in total. The molecule has 0 unspecified atom stereocenters. The molecular formula is C10H16F3NO2. The minimum atomic E-state index is -4.30. The standard InChI is InChI=1S/C10H16F3NO2/c1-7(5-10(11,12)13)6-14-8(15)16-9(2,3)4/h1,5-6H2,2-4H3,(H,14,15). The van der Waals surface area contributed by atoms with Crippen LogP contribution < -0.4 is 5.32 Å². The Balaban J connectivity index is 3.90. The van der Waals surface area contributed by atoms with E-state index < -0.39 is 24.3 Å². The second-order valence-corrected chi connectivity index (χ2v) is 4.40. The van der Waals surface area contributed by atoms with E-state index in [2.05, 4.69) is 11.9 Å². The lowest BCUT2D eigenvalue weighted by Crippen LogP contribution is -2.33. The second kappa shape index (κ2) is 5.23. The zero-order chi connectivity index (χ0) is 13.0. The molecule has 0 aromatic heterocycles. The Morgan fingerprint density at radius 1 is 1.31 bits per heavy atom. The zero-order valence-electron chi connectivity index (χ0n) is 9.57. The minimum absolute atomic E-state index is 0.113. The zero-order valence-corrected chi connectivity index (χ0v) is 9.57. The highest BCUT2D eigenvalue weighted by atomic mass is 19.4. The van der Waals surface area contributed by atoms with Gasteiger partial charge in [-0.1, -0.05) is 6.58 Å². The van der Waals surface area contributed by atoms with Crippen molar-refractivity contribution >= 4 is 6.09 Å². The third-order valence-electron chi connectivity index (χ3n) is 1.33. The number of nitrogens with one attached hydrogen (secondary N) is 1. The number of alkyl halides is 3. The predicted molar refractivity (Wildman–Crippen MR) is 54.0 cm³/mol. The molecule has 0 aromatic carbocycles. The third-order valence-corrected chi connectivity index (χ3v) is 1.33. The molecule has 0 spiro atoms. The molecule has 0 saturated heterocycles. The number of halogens is 3. The largest absolute Gasteiger partial charge is 0.444 e. The highest BCUT2D eigenvalue weighted by Crippen LogP contribution is 2.23. The maximum absolute atomic E-state index is 11.9. The van der Waals surface area contributed by atoms with E-state index in [9.17, 15) is 18.0 Å². The van der Waals surface area contributed by atoms with Gasteiger partial charge in [-0.25, -0.2) is 4.79 Å². The van der Waals surface area contributed by atoms with Crippen molar-refractivity contribution in [2.24, 2.45) is 0 Å². The van der Waals surface area contributed by atoms with E-state index in [1.54, 1.807) is 20.8 Å². The SMILES string of the molecule is C=C(CNC(=O)OC(C)(C)C)CC(F)(F)F. The number of hydrogen-bond acceptors (Lipinski definition) is 2. The predicted octanol–water partition coefficient (Wildman–Crippen LogP) is 3.02. The van der Waals surface area contributed by atoms with E-state index in [0.717, 1.165) is 0 Å². The fraction of sp³-hybridized carbons (Fsp3) is 0.700. The van der Waals surface area contributed by atoms with Crippen LogP contribution in [0.1, 0.15) is 27.2 Å². The highest BCUT2D eigenvalue weighted by Gasteiger charge is 2.28. The monoisotopic (exact) mass is 239 g/mol. The first-order chi connectivity index (χ1) is 6.99. The number of carbonyl (C=O) groups excluding carboxylic acids is 1. The minimum Gasteiger partial charge on any atom is -0.444 e. The van der Waals surface area contributed by atoms with Crippen LogP contribution in [0, 0.1) is 0 Å². The molecule has 0 bridgehead atoms. The molecule has 0 radical (unpaired) electrons. The van der Waals surface area contributed by atoms with Crippen molar-refractivity contribution in [2.75, 3.05) is 6.54 Å². The lowest BCUT2D eigenvalue weighted by molar-refractivity contribution is -0.127. The van der Waals surface area contributed by atoms with Crippen LogP contribution in [-0.4, -0.2) is 24.4 Å². The quantitative estimate of drug-likeness (QED) is 0.769. The Kier molecular flexibility index (Phi) is 4.83. The van der Waals surface area contributed by atoms with Gasteiger partial charge in [0.25, 0.3) is 0 Å². The molecule has 0 aromatic rings. The van der Waals surface area contributed by atoms with Gasteiger partial charge in [0.05, 0.1) is 6.42 Å². The van der Waals surface area contributed by atoms with Gasteiger partial charge >= 0.3 is 12.3 Å². The fourth-order valence-corrected chi connectivity index (χ4v) is 0.857. The first-order valence-electron chi connectivity index (χ1n) is 4.70. The molecule has 6 heteroatoms. The summed E-state index contributed by atoms with van der Waals surface area (Å²) in [7, 11) is 0. The van der Waals surface area contributed by atoms with Crippen molar-refractivity contribution < 1.29 is 22.7 Å². The van der Waals surface area contributed by atoms with Gasteiger partial charge in [-0.15, -0.1) is 0 Å². The summed E-state index contributed by atoms with van der Waals surface area (Å²) in [5, 5.41) is 2.20. The summed E-state index contributed by atoms with van der Waals surface area (Å²) in [6, 6.07) is 0. The maximum Gasteiger partial charge on any atom is 0.407 e. The number of ether oxygens (including phenoxy) is 1. The highest BCUT2D eigenvalue weighted by molar-refractivity contribution is 5.67. The average Bonchev–Trinajstić information content (AvgIpc) is 1.94. The van der Waals surface area contributed by atoms with E-state index >= 15 is 0 Å². The van der Waals surface area contributed by atoms with Crippen LogP contribution >= 0.6 is 0 Å². The molecule has 0 aliphatic carbocycles. The van der Waals surface area contributed by atoms with Crippen LogP contribution in [0.25, 0.3) is 0 Å². The Bertz CT molecular complexity index is 238. The number of carbonyl (C=O) groups is 1. The first-order valence-corrected chi connectivity index (χ1v) is 4.70. The Morgan fingerprint density at radius 3 is 2.19 bits per heavy atom. The van der Waals surface area contributed by atoms with Crippen LogP contribution in [-0.2, 0) is 4.74 Å². The second-order valence-electron chi connectivity index (χ2n) is 4.40. The summed E-state index contributed by atoms with van der Waals surface area (Å²) in [5.41, 5.74) is -0.784. The van der Waals surface area contributed by atoms with Gasteiger partial charge in [0.15, 0.2) is 0 Å². The molecule has 0 saturated carbocycles. The van der Waals surface area contributed by atoms with Crippen molar-refractivity contribution in [3.8, 4) is 0 Å². The Hall–Kier alpha value is -1.20. The molecule has 0 heterocycles. The molecule has 0 aliphatic rings. The first kappa shape index (κ1) is 14.8. The molecular weight excluding hydrogens is 223 g/mol. The number of amides is 1. The van der Waals surface area contributed by atoms with Crippen molar-refractivity contribution in [1.82, 2.24) is 5.32 Å². The lowest BCUT2D eigenvalue weighted by atomic mass is 10.2. The molecule has 0 atom stereocenters. The molecule has 1 N–H and O–H groups in total. The summed E-state index contributed by atoms with van der Waals surface area (Å²) in [5.74, 6) is 0. The van der Waals surface area contributed by atoms with Gasteiger partial charge in [0.1, 0.15) is 5.60 Å². The molecule has 16 heavy (non-hydrogen) atoms. The summed E-state index contributed by atoms with van der Waals surface area (Å²) in [6.07, 6.45) is -6.16. The maximum atomic E-state index is 11.9.